The molecule has 30 heavy (non-hydrogen) atoms. The minimum atomic E-state index is -0.718. The van der Waals surface area contributed by atoms with Gasteiger partial charge in [0.25, 0.3) is 11.1 Å². The van der Waals surface area contributed by atoms with Crippen molar-refractivity contribution in [3.63, 3.8) is 0 Å². The van der Waals surface area contributed by atoms with Crippen LogP contribution in [0, 0.1) is 0 Å². The van der Waals surface area contributed by atoms with Crippen LogP contribution in [0.4, 0.5) is 16.2 Å². The van der Waals surface area contributed by atoms with Crippen LogP contribution in [0.25, 0.3) is 6.08 Å². The number of azo groups is 1. The molecular formula is C19H13Cl2N3O5S. The predicted molar refractivity (Wildman–Crippen MR) is 113 cm³/mol. The van der Waals surface area contributed by atoms with Gasteiger partial charge >= 0.3 is 5.97 Å². The number of rotatable bonds is 5. The number of phenols is 1. The lowest BCUT2D eigenvalue weighted by Crippen LogP contribution is -2.34. The first kappa shape index (κ1) is 21.8. The minimum absolute atomic E-state index is 0.0500. The van der Waals surface area contributed by atoms with Crippen molar-refractivity contribution < 1.29 is 24.2 Å². The second kappa shape index (κ2) is 9.29. The van der Waals surface area contributed by atoms with Crippen molar-refractivity contribution in [2.24, 2.45) is 10.2 Å². The molecule has 2 amide bonds. The van der Waals surface area contributed by atoms with Crippen LogP contribution in [0.5, 0.6) is 5.75 Å². The van der Waals surface area contributed by atoms with Crippen LogP contribution in [0.15, 0.2) is 51.5 Å². The number of imide groups is 1. The summed E-state index contributed by atoms with van der Waals surface area (Å²) in [5.74, 6) is -1.50. The number of carbonyl (C=O) groups is 3. The van der Waals surface area contributed by atoms with Crippen molar-refractivity contribution in [2.45, 2.75) is 0 Å². The molecule has 3 rings (SSSR count). The maximum atomic E-state index is 12.4. The van der Waals surface area contributed by atoms with Crippen LogP contribution < -0.4 is 0 Å². The lowest BCUT2D eigenvalue weighted by Gasteiger charge is -2.09. The zero-order valence-electron chi connectivity index (χ0n) is 15.3. The number of thioether (sulfide) groups is 1. The molecule has 0 aromatic heterocycles. The van der Waals surface area contributed by atoms with Gasteiger partial charge in [-0.1, -0.05) is 23.2 Å². The van der Waals surface area contributed by atoms with Crippen molar-refractivity contribution in [2.75, 3.05) is 13.7 Å². The Morgan fingerprint density at radius 1 is 1.20 bits per heavy atom. The maximum absolute atomic E-state index is 12.4. The molecule has 1 heterocycles. The molecule has 2 aromatic rings. The number of halogens is 2. The Labute approximate surface area is 185 Å². The van der Waals surface area contributed by atoms with Gasteiger partial charge in [-0.15, -0.1) is 5.11 Å². The number of benzene rings is 2. The van der Waals surface area contributed by atoms with E-state index in [1.807, 2.05) is 0 Å². The molecule has 0 aliphatic carbocycles. The first-order valence-corrected chi connectivity index (χ1v) is 9.87. The number of phenolic OH excluding ortho intramolecular Hbond substituents is 1. The summed E-state index contributed by atoms with van der Waals surface area (Å²) >= 11 is 12.6. The van der Waals surface area contributed by atoms with Gasteiger partial charge in [0.2, 0.25) is 0 Å². The average molecular weight is 466 g/mol. The van der Waals surface area contributed by atoms with Crippen LogP contribution in [0.3, 0.4) is 0 Å². The Kier molecular flexibility index (Phi) is 6.76. The fourth-order valence-electron chi connectivity index (χ4n) is 2.36. The highest BCUT2D eigenvalue weighted by Gasteiger charge is 2.36. The highest BCUT2D eigenvalue weighted by Crippen LogP contribution is 2.35. The van der Waals surface area contributed by atoms with E-state index in [-0.39, 0.29) is 16.2 Å². The van der Waals surface area contributed by atoms with Gasteiger partial charge in [0.15, 0.2) is 0 Å². The number of nitrogens with zero attached hydrogens (tertiary/aromatic N) is 3. The molecule has 1 aliphatic heterocycles. The number of esters is 1. The van der Waals surface area contributed by atoms with Crippen molar-refractivity contribution in [1.82, 2.24) is 4.90 Å². The van der Waals surface area contributed by atoms with Gasteiger partial charge in [-0.05, 0) is 54.2 Å². The molecule has 1 fully saturated rings. The molecule has 0 radical (unpaired) electrons. The van der Waals surface area contributed by atoms with Gasteiger partial charge in [0, 0.05) is 10.6 Å². The molecule has 8 nitrogen and oxygen atoms in total. The Morgan fingerprint density at radius 3 is 2.67 bits per heavy atom. The van der Waals surface area contributed by atoms with Gasteiger partial charge < -0.3 is 9.84 Å². The van der Waals surface area contributed by atoms with Crippen molar-refractivity contribution in [3.8, 4) is 5.75 Å². The van der Waals surface area contributed by atoms with E-state index < -0.39 is 23.7 Å². The van der Waals surface area contributed by atoms with E-state index in [0.29, 0.717) is 33.2 Å². The van der Waals surface area contributed by atoms with Crippen LogP contribution in [-0.4, -0.2) is 40.8 Å². The summed E-state index contributed by atoms with van der Waals surface area (Å²) in [5.41, 5.74) is 1.02. The highest BCUT2D eigenvalue weighted by molar-refractivity contribution is 8.18. The van der Waals surface area contributed by atoms with Gasteiger partial charge in [0.05, 0.1) is 22.7 Å². The highest BCUT2D eigenvalue weighted by atomic mass is 35.5. The Bertz CT molecular complexity index is 1100. The molecule has 0 saturated carbocycles. The maximum Gasteiger partial charge on any atom is 0.325 e. The standard InChI is InChI=1S/C19H13Cl2N3O5S/c1-29-17(26)9-24-18(27)16(30-19(24)28)7-10-6-12(3-5-15(10)25)22-23-14-4-2-11(20)8-13(14)21/h2-8,25H,9H2,1H3/b16-7-,23-22?. The fraction of sp³-hybridized carbons (Fsp3) is 0.105. The van der Waals surface area contributed by atoms with Gasteiger partial charge in [0.1, 0.15) is 18.0 Å². The average Bonchev–Trinajstić information content (AvgIpc) is 2.96. The molecule has 0 spiro atoms. The van der Waals surface area contributed by atoms with E-state index >= 15 is 0 Å². The van der Waals surface area contributed by atoms with E-state index in [9.17, 15) is 19.5 Å². The number of carbonyl (C=O) groups excluding carboxylic acids is 3. The van der Waals surface area contributed by atoms with Crippen LogP contribution in [0.2, 0.25) is 10.0 Å². The first-order valence-electron chi connectivity index (χ1n) is 8.30. The van der Waals surface area contributed by atoms with E-state index in [2.05, 4.69) is 15.0 Å². The van der Waals surface area contributed by atoms with Gasteiger partial charge in [-0.3, -0.25) is 19.3 Å². The van der Waals surface area contributed by atoms with Crippen LogP contribution in [0.1, 0.15) is 5.56 Å². The van der Waals surface area contributed by atoms with E-state index in [1.165, 1.54) is 30.3 Å². The number of methoxy groups -OCH3 is 1. The molecule has 1 N–H and O–H groups in total. The first-order chi connectivity index (χ1) is 14.3. The largest absolute Gasteiger partial charge is 0.507 e. The number of hydrogen-bond acceptors (Lipinski definition) is 8. The second-order valence-corrected chi connectivity index (χ2v) is 7.72. The van der Waals surface area contributed by atoms with Crippen LogP contribution >= 0.6 is 35.0 Å². The van der Waals surface area contributed by atoms with Gasteiger partial charge in [-0.25, -0.2) is 0 Å². The predicted octanol–water partition coefficient (Wildman–Crippen LogP) is 5.32. The molecular weight excluding hydrogens is 453 g/mol. The summed E-state index contributed by atoms with van der Waals surface area (Å²) in [5, 5.41) is 18.4. The summed E-state index contributed by atoms with van der Waals surface area (Å²) in [7, 11) is 1.16. The lowest BCUT2D eigenvalue weighted by molar-refractivity contribution is -0.143. The molecule has 0 bridgehead atoms. The topological polar surface area (TPSA) is 109 Å². The number of ether oxygens (including phenoxy) is 1. The summed E-state index contributed by atoms with van der Waals surface area (Å²) in [6.45, 7) is -0.486. The SMILES string of the molecule is COC(=O)CN1C(=O)S/C(=C\c2cc(N=Nc3ccc(Cl)cc3Cl)ccc2O)C1=O. The number of hydrogen-bond donors (Lipinski definition) is 1. The molecule has 154 valence electrons. The smallest absolute Gasteiger partial charge is 0.325 e. The fourth-order valence-corrected chi connectivity index (χ4v) is 3.64. The summed E-state index contributed by atoms with van der Waals surface area (Å²) < 4.78 is 4.48. The monoisotopic (exact) mass is 465 g/mol. The molecule has 11 heteroatoms. The molecule has 1 saturated heterocycles. The summed E-state index contributed by atoms with van der Waals surface area (Å²) in [6, 6.07) is 9.13. The molecule has 2 aromatic carbocycles. The van der Waals surface area contributed by atoms with Crippen molar-refractivity contribution in [3.05, 3.63) is 56.9 Å². The molecule has 0 unspecified atom stereocenters. The molecule has 0 atom stereocenters. The number of amides is 2. The zero-order chi connectivity index (χ0) is 21.8. The second-order valence-electron chi connectivity index (χ2n) is 5.88. The third-order valence-corrected chi connectivity index (χ3v) is 5.31. The Balaban J connectivity index is 1.85. The third-order valence-electron chi connectivity index (χ3n) is 3.87. The van der Waals surface area contributed by atoms with Gasteiger partial charge in [-0.2, -0.15) is 5.11 Å². The third kappa shape index (κ3) is 4.99. The Hall–Kier alpha value is -2.88. The quantitative estimate of drug-likeness (QED) is 0.363. The Morgan fingerprint density at radius 2 is 1.97 bits per heavy atom. The minimum Gasteiger partial charge on any atom is -0.507 e. The van der Waals surface area contributed by atoms with E-state index in [4.69, 9.17) is 23.2 Å². The normalized spacial score (nSPS) is 15.4. The van der Waals surface area contributed by atoms with Crippen molar-refractivity contribution >= 4 is 69.5 Å². The van der Waals surface area contributed by atoms with Crippen LogP contribution in [-0.2, 0) is 14.3 Å². The summed E-state index contributed by atoms with van der Waals surface area (Å²) in [4.78, 5) is 36.6. The summed E-state index contributed by atoms with van der Waals surface area (Å²) in [6.07, 6.45) is 1.34. The lowest BCUT2D eigenvalue weighted by atomic mass is 10.1. The van der Waals surface area contributed by atoms with Crippen molar-refractivity contribution in [1.29, 1.82) is 0 Å². The van der Waals surface area contributed by atoms with E-state index in [1.54, 1.807) is 12.1 Å². The molecule has 1 aliphatic rings. The number of aromatic hydroxyl groups is 1. The van der Waals surface area contributed by atoms with E-state index in [0.717, 1.165) is 12.0 Å². The zero-order valence-corrected chi connectivity index (χ0v) is 17.7.